The third-order valence-corrected chi connectivity index (χ3v) is 3.76. The number of hydrogen-bond donors (Lipinski definition) is 1. The lowest BCUT2D eigenvalue weighted by Crippen LogP contribution is -2.20. The number of aromatic nitrogens is 1. The molecular formula is C15H15NO4. The van der Waals surface area contributed by atoms with Crippen LogP contribution in [-0.4, -0.2) is 23.8 Å². The Morgan fingerprint density at radius 2 is 2.25 bits per heavy atom. The van der Waals surface area contributed by atoms with Crippen molar-refractivity contribution in [3.05, 3.63) is 46.7 Å². The number of carbonyl (C=O) groups excluding carboxylic acids is 2. The lowest BCUT2D eigenvalue weighted by atomic mass is 9.84. The summed E-state index contributed by atoms with van der Waals surface area (Å²) < 4.78 is 10.1. The zero-order valence-corrected chi connectivity index (χ0v) is 11.4. The van der Waals surface area contributed by atoms with E-state index in [0.717, 1.165) is 11.5 Å². The summed E-state index contributed by atoms with van der Waals surface area (Å²) >= 11 is 0. The summed E-state index contributed by atoms with van der Waals surface area (Å²) in [7, 11) is 1.32. The fourth-order valence-electron chi connectivity index (χ4n) is 2.88. The second-order valence-corrected chi connectivity index (χ2v) is 5.01. The number of aryl methyl sites for hydroxylation is 1. The van der Waals surface area contributed by atoms with Gasteiger partial charge in [-0.05, 0) is 25.5 Å². The van der Waals surface area contributed by atoms with E-state index in [2.05, 4.69) is 4.98 Å². The molecule has 0 fully saturated rings. The molecule has 0 aromatic carbocycles. The first-order chi connectivity index (χ1) is 9.61. The average Bonchev–Trinajstić information content (AvgIpc) is 3.04. The van der Waals surface area contributed by atoms with Gasteiger partial charge in [-0.2, -0.15) is 0 Å². The maximum Gasteiger partial charge on any atom is 0.340 e. The molecule has 5 heteroatoms. The maximum atomic E-state index is 12.4. The molecule has 0 amide bonds. The van der Waals surface area contributed by atoms with E-state index < -0.39 is 5.97 Å². The molecule has 0 saturated carbocycles. The van der Waals surface area contributed by atoms with E-state index in [1.807, 2.05) is 12.1 Å². The van der Waals surface area contributed by atoms with Crippen LogP contribution in [-0.2, 0) is 11.2 Å². The Balaban J connectivity index is 2.03. The SMILES string of the molecule is COC(=O)c1c(C)[nH]c2c1C(=O)C[C@H](c1ccco1)C2. The third-order valence-electron chi connectivity index (χ3n) is 3.76. The molecule has 1 N–H and O–H groups in total. The van der Waals surface area contributed by atoms with Crippen LogP contribution in [0, 0.1) is 6.92 Å². The average molecular weight is 273 g/mol. The molecule has 1 atom stereocenters. The number of ether oxygens (including phenoxy) is 1. The van der Waals surface area contributed by atoms with E-state index in [0.29, 0.717) is 29.7 Å². The Morgan fingerprint density at radius 3 is 2.90 bits per heavy atom. The minimum Gasteiger partial charge on any atom is -0.469 e. The molecule has 5 nitrogen and oxygen atoms in total. The molecule has 0 saturated heterocycles. The van der Waals surface area contributed by atoms with Crippen LogP contribution in [0.3, 0.4) is 0 Å². The zero-order valence-electron chi connectivity index (χ0n) is 11.4. The largest absolute Gasteiger partial charge is 0.469 e. The Labute approximate surface area is 115 Å². The normalized spacial score (nSPS) is 17.9. The number of ketones is 1. The molecule has 2 aromatic rings. The minimum absolute atomic E-state index is 0.0218. The van der Waals surface area contributed by atoms with E-state index in [1.54, 1.807) is 13.2 Å². The van der Waals surface area contributed by atoms with E-state index >= 15 is 0 Å². The van der Waals surface area contributed by atoms with Gasteiger partial charge < -0.3 is 14.1 Å². The lowest BCUT2D eigenvalue weighted by Gasteiger charge is -2.19. The van der Waals surface area contributed by atoms with Crippen LogP contribution in [0.4, 0.5) is 0 Å². The molecule has 104 valence electrons. The number of carbonyl (C=O) groups is 2. The molecule has 2 heterocycles. The molecule has 1 aliphatic carbocycles. The molecule has 0 radical (unpaired) electrons. The number of fused-ring (bicyclic) bond motifs is 1. The van der Waals surface area contributed by atoms with Crippen molar-refractivity contribution in [1.29, 1.82) is 0 Å². The Morgan fingerprint density at radius 1 is 1.45 bits per heavy atom. The number of aromatic amines is 1. The van der Waals surface area contributed by atoms with Gasteiger partial charge in [-0.15, -0.1) is 0 Å². The van der Waals surface area contributed by atoms with Crippen molar-refractivity contribution in [2.45, 2.75) is 25.7 Å². The summed E-state index contributed by atoms with van der Waals surface area (Å²) in [5.74, 6) is 0.312. The van der Waals surface area contributed by atoms with Gasteiger partial charge in [0.2, 0.25) is 0 Å². The van der Waals surface area contributed by atoms with Crippen molar-refractivity contribution < 1.29 is 18.7 Å². The van der Waals surface area contributed by atoms with Crippen LogP contribution in [0.2, 0.25) is 0 Å². The van der Waals surface area contributed by atoms with Crippen molar-refractivity contribution in [1.82, 2.24) is 4.98 Å². The van der Waals surface area contributed by atoms with Gasteiger partial charge in [0, 0.05) is 23.7 Å². The number of nitrogens with one attached hydrogen (secondary N) is 1. The van der Waals surface area contributed by atoms with Crippen molar-refractivity contribution in [2.75, 3.05) is 7.11 Å². The lowest BCUT2D eigenvalue weighted by molar-refractivity contribution is 0.0596. The van der Waals surface area contributed by atoms with E-state index in [9.17, 15) is 9.59 Å². The topological polar surface area (TPSA) is 72.3 Å². The number of Topliss-reactive ketones (excluding diaryl/α,β-unsaturated/α-hetero) is 1. The van der Waals surface area contributed by atoms with Crippen LogP contribution in [0.15, 0.2) is 22.8 Å². The van der Waals surface area contributed by atoms with E-state index in [4.69, 9.17) is 9.15 Å². The van der Waals surface area contributed by atoms with Gasteiger partial charge in [0.1, 0.15) is 5.76 Å². The number of rotatable bonds is 2. The second-order valence-electron chi connectivity index (χ2n) is 5.01. The summed E-state index contributed by atoms with van der Waals surface area (Å²) in [6.07, 6.45) is 2.61. The second kappa shape index (κ2) is 4.67. The molecular weight excluding hydrogens is 258 g/mol. The third kappa shape index (κ3) is 1.86. The highest BCUT2D eigenvalue weighted by Crippen LogP contribution is 2.35. The van der Waals surface area contributed by atoms with Crippen molar-refractivity contribution >= 4 is 11.8 Å². The summed E-state index contributed by atoms with van der Waals surface area (Å²) in [6, 6.07) is 3.69. The Kier molecular flexibility index (Phi) is 2.97. The fourth-order valence-corrected chi connectivity index (χ4v) is 2.88. The van der Waals surface area contributed by atoms with Gasteiger partial charge in [-0.1, -0.05) is 0 Å². The maximum absolute atomic E-state index is 12.4. The number of esters is 1. The molecule has 0 unspecified atom stereocenters. The van der Waals surface area contributed by atoms with Gasteiger partial charge >= 0.3 is 5.97 Å². The first kappa shape index (κ1) is 12.7. The fraction of sp³-hybridized carbons (Fsp3) is 0.333. The first-order valence-corrected chi connectivity index (χ1v) is 6.48. The highest BCUT2D eigenvalue weighted by atomic mass is 16.5. The standard InChI is InChI=1S/C15H15NO4/c1-8-13(15(18)19-2)14-10(16-8)6-9(7-11(14)17)12-4-3-5-20-12/h3-5,9,16H,6-7H2,1-2H3/t9-/m1/s1. The molecule has 0 bridgehead atoms. The quantitative estimate of drug-likeness (QED) is 0.854. The Hall–Kier alpha value is -2.30. The summed E-state index contributed by atoms with van der Waals surface area (Å²) in [5.41, 5.74) is 2.32. The van der Waals surface area contributed by atoms with Gasteiger partial charge in [0.25, 0.3) is 0 Å². The van der Waals surface area contributed by atoms with Crippen LogP contribution < -0.4 is 0 Å². The molecule has 3 rings (SSSR count). The van der Waals surface area contributed by atoms with E-state index in [-0.39, 0.29) is 11.7 Å². The van der Waals surface area contributed by atoms with Crippen LogP contribution >= 0.6 is 0 Å². The molecule has 2 aromatic heterocycles. The first-order valence-electron chi connectivity index (χ1n) is 6.48. The van der Waals surface area contributed by atoms with Gasteiger partial charge in [0.05, 0.1) is 24.5 Å². The monoisotopic (exact) mass is 273 g/mol. The molecule has 0 aliphatic heterocycles. The highest BCUT2D eigenvalue weighted by Gasteiger charge is 2.34. The molecule has 1 aliphatic rings. The number of furan rings is 1. The van der Waals surface area contributed by atoms with Gasteiger partial charge in [-0.3, -0.25) is 4.79 Å². The minimum atomic E-state index is -0.468. The van der Waals surface area contributed by atoms with Crippen LogP contribution in [0.1, 0.15) is 50.2 Å². The number of hydrogen-bond acceptors (Lipinski definition) is 4. The smallest absolute Gasteiger partial charge is 0.340 e. The Bertz CT molecular complexity index is 666. The van der Waals surface area contributed by atoms with Crippen molar-refractivity contribution in [3.8, 4) is 0 Å². The summed E-state index contributed by atoms with van der Waals surface area (Å²) in [4.78, 5) is 27.3. The summed E-state index contributed by atoms with van der Waals surface area (Å²) in [5, 5.41) is 0. The van der Waals surface area contributed by atoms with Gasteiger partial charge in [-0.25, -0.2) is 4.79 Å². The molecule has 0 spiro atoms. The summed E-state index contributed by atoms with van der Waals surface area (Å²) in [6.45, 7) is 1.78. The zero-order chi connectivity index (χ0) is 14.3. The van der Waals surface area contributed by atoms with Crippen LogP contribution in [0.5, 0.6) is 0 Å². The van der Waals surface area contributed by atoms with Crippen molar-refractivity contribution in [3.63, 3.8) is 0 Å². The predicted octanol–water partition coefficient (Wildman–Crippen LogP) is 2.62. The number of H-pyrrole nitrogens is 1. The molecule has 20 heavy (non-hydrogen) atoms. The number of methoxy groups -OCH3 is 1. The van der Waals surface area contributed by atoms with Crippen molar-refractivity contribution in [2.24, 2.45) is 0 Å². The van der Waals surface area contributed by atoms with E-state index in [1.165, 1.54) is 7.11 Å². The van der Waals surface area contributed by atoms with Gasteiger partial charge in [0.15, 0.2) is 5.78 Å². The highest BCUT2D eigenvalue weighted by molar-refractivity contribution is 6.09. The van der Waals surface area contributed by atoms with Crippen LogP contribution in [0.25, 0.3) is 0 Å². The predicted molar refractivity (Wildman–Crippen MR) is 71.0 cm³/mol.